The molecule has 1 aliphatic rings. The van der Waals surface area contributed by atoms with E-state index in [0.717, 1.165) is 35.1 Å². The molecule has 0 fully saturated rings. The molecule has 1 aliphatic carbocycles. The van der Waals surface area contributed by atoms with Gasteiger partial charge < -0.3 is 10.6 Å². The molecule has 1 heterocycles. The van der Waals surface area contributed by atoms with Crippen molar-refractivity contribution in [3.8, 4) is 17.9 Å². The maximum Gasteiger partial charge on any atom is 0.270 e. The van der Waals surface area contributed by atoms with E-state index in [-0.39, 0.29) is 23.3 Å². The third-order valence-corrected chi connectivity index (χ3v) is 5.44. The molecule has 7 nitrogen and oxygen atoms in total. The number of carbonyl (C=O) groups is 2. The lowest BCUT2D eigenvalue weighted by Gasteiger charge is -2.14. The number of aromatic nitrogens is 2. The van der Waals surface area contributed by atoms with Gasteiger partial charge in [-0.1, -0.05) is 24.1 Å². The zero-order valence-corrected chi connectivity index (χ0v) is 18.1. The number of amides is 2. The number of hydrogen-bond acceptors (Lipinski definition) is 5. The Labute approximate surface area is 191 Å². The van der Waals surface area contributed by atoms with E-state index in [9.17, 15) is 9.59 Å². The first-order valence-electron chi connectivity index (χ1n) is 10.5. The topological polar surface area (TPSA) is 108 Å². The van der Waals surface area contributed by atoms with Crippen molar-refractivity contribution in [2.45, 2.75) is 32.4 Å². The fraction of sp³-hybridized carbons (Fsp3) is 0.192. The predicted molar refractivity (Wildman–Crippen MR) is 122 cm³/mol. The van der Waals surface area contributed by atoms with Gasteiger partial charge in [0.05, 0.1) is 17.7 Å². The number of rotatable bonds is 5. The Morgan fingerprint density at radius 2 is 1.88 bits per heavy atom. The third-order valence-electron chi connectivity index (χ3n) is 5.44. The molecule has 0 saturated heterocycles. The summed E-state index contributed by atoms with van der Waals surface area (Å²) in [5, 5.41) is 14.9. The Morgan fingerprint density at radius 3 is 2.67 bits per heavy atom. The maximum atomic E-state index is 12.8. The number of nitrogens with zero attached hydrogens (tertiary/aromatic N) is 3. The summed E-state index contributed by atoms with van der Waals surface area (Å²) in [4.78, 5) is 33.4. The van der Waals surface area contributed by atoms with Gasteiger partial charge in [0.25, 0.3) is 11.8 Å². The summed E-state index contributed by atoms with van der Waals surface area (Å²) in [5.74, 6) is 5.07. The van der Waals surface area contributed by atoms with Crippen LogP contribution in [0, 0.1) is 23.2 Å². The van der Waals surface area contributed by atoms with Crippen molar-refractivity contribution >= 4 is 11.8 Å². The maximum absolute atomic E-state index is 12.8. The lowest BCUT2D eigenvalue weighted by Crippen LogP contribution is -2.29. The second-order valence-electron chi connectivity index (χ2n) is 7.64. The van der Waals surface area contributed by atoms with Crippen molar-refractivity contribution in [2.24, 2.45) is 0 Å². The van der Waals surface area contributed by atoms with Crippen molar-refractivity contribution in [3.05, 3.63) is 94.1 Å². The fourth-order valence-electron chi connectivity index (χ4n) is 3.85. The first kappa shape index (κ1) is 21.7. The van der Waals surface area contributed by atoms with Crippen molar-refractivity contribution in [2.75, 3.05) is 0 Å². The van der Waals surface area contributed by atoms with E-state index >= 15 is 0 Å². The van der Waals surface area contributed by atoms with Gasteiger partial charge in [0.1, 0.15) is 17.7 Å². The van der Waals surface area contributed by atoms with Crippen LogP contribution in [0.3, 0.4) is 0 Å². The lowest BCUT2D eigenvalue weighted by atomic mass is 10.1. The first-order valence-corrected chi connectivity index (χ1v) is 10.5. The van der Waals surface area contributed by atoms with Crippen molar-refractivity contribution in [1.82, 2.24) is 20.6 Å². The first-order chi connectivity index (χ1) is 16.1. The Kier molecular flexibility index (Phi) is 6.43. The average Bonchev–Trinajstić information content (AvgIpc) is 3.24. The molecule has 0 aliphatic heterocycles. The van der Waals surface area contributed by atoms with Crippen LogP contribution >= 0.6 is 0 Å². The van der Waals surface area contributed by atoms with Gasteiger partial charge in [0, 0.05) is 18.2 Å². The highest BCUT2D eigenvalue weighted by molar-refractivity contribution is 5.97. The van der Waals surface area contributed by atoms with Crippen LogP contribution in [0.4, 0.5) is 0 Å². The van der Waals surface area contributed by atoms with E-state index in [1.165, 1.54) is 12.4 Å². The summed E-state index contributed by atoms with van der Waals surface area (Å²) in [5.41, 5.74) is 4.71. The molecule has 2 N–H and O–H groups in total. The molecule has 0 bridgehead atoms. The molecular formula is C26H21N5O2. The fourth-order valence-corrected chi connectivity index (χ4v) is 3.85. The largest absolute Gasteiger partial charge is 0.347 e. The molecule has 0 spiro atoms. The van der Waals surface area contributed by atoms with Gasteiger partial charge in [-0.25, -0.2) is 9.97 Å². The van der Waals surface area contributed by atoms with E-state index in [1.807, 2.05) is 36.4 Å². The standard InChI is InChI=1S/C26H21N5O2/c1-2-4-17-5-3-6-19(11-17)15-28-25(32)23-13-24(30-16-29-23)26(33)31-22-10-8-20-12-18(14-27)7-9-21(20)22/h3,5-7,9,11-13,16,22H,8,10,15H2,1H3,(H,28,32)(H,31,33)/t22-/m1/s1. The minimum absolute atomic E-state index is 0.116. The zero-order valence-electron chi connectivity index (χ0n) is 18.1. The minimum atomic E-state index is -0.395. The highest BCUT2D eigenvalue weighted by Gasteiger charge is 2.25. The second-order valence-corrected chi connectivity index (χ2v) is 7.64. The Hall–Kier alpha value is -4.49. The summed E-state index contributed by atoms with van der Waals surface area (Å²) >= 11 is 0. The van der Waals surface area contributed by atoms with Gasteiger partial charge in [-0.3, -0.25) is 9.59 Å². The number of hydrogen-bond donors (Lipinski definition) is 2. The van der Waals surface area contributed by atoms with Crippen LogP contribution in [0.1, 0.15) is 68.2 Å². The monoisotopic (exact) mass is 435 g/mol. The van der Waals surface area contributed by atoms with Gasteiger partial charge in [0.15, 0.2) is 0 Å². The van der Waals surface area contributed by atoms with Gasteiger partial charge in [-0.2, -0.15) is 5.26 Å². The number of nitriles is 1. The smallest absolute Gasteiger partial charge is 0.270 e. The molecule has 7 heteroatoms. The molecule has 2 amide bonds. The molecule has 0 radical (unpaired) electrons. The van der Waals surface area contributed by atoms with Crippen LogP contribution in [-0.2, 0) is 13.0 Å². The molecule has 1 atom stereocenters. The number of nitrogens with one attached hydrogen (secondary N) is 2. The Balaban J connectivity index is 1.41. The van der Waals surface area contributed by atoms with Crippen molar-refractivity contribution in [1.29, 1.82) is 5.26 Å². The lowest BCUT2D eigenvalue weighted by molar-refractivity contribution is 0.0931. The number of benzene rings is 2. The van der Waals surface area contributed by atoms with E-state index in [4.69, 9.17) is 5.26 Å². The number of aryl methyl sites for hydroxylation is 1. The quantitative estimate of drug-likeness (QED) is 0.599. The van der Waals surface area contributed by atoms with E-state index in [0.29, 0.717) is 12.1 Å². The van der Waals surface area contributed by atoms with Gasteiger partial charge in [-0.05, 0) is 60.7 Å². The third kappa shape index (κ3) is 5.06. The molecule has 0 unspecified atom stereocenters. The number of fused-ring (bicyclic) bond motifs is 1. The SMILES string of the molecule is CC#Cc1cccc(CNC(=O)c2cc(C(=O)N[C@@H]3CCc4cc(C#N)ccc43)ncn2)c1. The summed E-state index contributed by atoms with van der Waals surface area (Å²) in [6.45, 7) is 2.08. The van der Waals surface area contributed by atoms with Crippen LogP contribution in [0.25, 0.3) is 0 Å². The number of carbonyl (C=O) groups excluding carboxylic acids is 2. The molecule has 4 rings (SSSR count). The van der Waals surface area contributed by atoms with Crippen LogP contribution in [-0.4, -0.2) is 21.8 Å². The van der Waals surface area contributed by atoms with E-state index in [1.54, 1.807) is 13.0 Å². The Bertz CT molecular complexity index is 1330. The van der Waals surface area contributed by atoms with Gasteiger partial charge in [-0.15, -0.1) is 5.92 Å². The van der Waals surface area contributed by atoms with E-state index in [2.05, 4.69) is 38.5 Å². The zero-order chi connectivity index (χ0) is 23.2. The van der Waals surface area contributed by atoms with Crippen molar-refractivity contribution in [3.63, 3.8) is 0 Å². The summed E-state index contributed by atoms with van der Waals surface area (Å²) in [6, 6.07) is 16.5. The van der Waals surface area contributed by atoms with Crippen molar-refractivity contribution < 1.29 is 9.59 Å². The van der Waals surface area contributed by atoms with Crippen LogP contribution in [0.2, 0.25) is 0 Å². The molecule has 2 aromatic carbocycles. The van der Waals surface area contributed by atoms with Crippen LogP contribution in [0.15, 0.2) is 54.9 Å². The highest BCUT2D eigenvalue weighted by atomic mass is 16.2. The molecule has 33 heavy (non-hydrogen) atoms. The minimum Gasteiger partial charge on any atom is -0.347 e. The second kappa shape index (κ2) is 9.76. The predicted octanol–water partition coefficient (Wildman–Crippen LogP) is 3.07. The average molecular weight is 435 g/mol. The van der Waals surface area contributed by atoms with Crippen LogP contribution < -0.4 is 10.6 Å². The highest BCUT2D eigenvalue weighted by Crippen LogP contribution is 2.31. The summed E-state index contributed by atoms with van der Waals surface area (Å²) < 4.78 is 0. The molecule has 162 valence electrons. The van der Waals surface area contributed by atoms with Gasteiger partial charge >= 0.3 is 0 Å². The molecule has 0 saturated carbocycles. The Morgan fingerprint density at radius 1 is 1.06 bits per heavy atom. The van der Waals surface area contributed by atoms with Gasteiger partial charge in [0.2, 0.25) is 0 Å². The molecule has 3 aromatic rings. The normalized spacial score (nSPS) is 13.8. The molecule has 1 aromatic heterocycles. The van der Waals surface area contributed by atoms with E-state index < -0.39 is 5.91 Å². The summed E-state index contributed by atoms with van der Waals surface area (Å²) in [6.07, 6.45) is 2.75. The summed E-state index contributed by atoms with van der Waals surface area (Å²) in [7, 11) is 0. The molecular weight excluding hydrogens is 414 g/mol. The van der Waals surface area contributed by atoms with Crippen LogP contribution in [0.5, 0.6) is 0 Å².